The van der Waals surface area contributed by atoms with Crippen LogP contribution < -0.4 is 16.7 Å². The first-order valence-electron chi connectivity index (χ1n) is 7.15. The van der Waals surface area contributed by atoms with Crippen molar-refractivity contribution in [2.45, 2.75) is 30.5 Å². The van der Waals surface area contributed by atoms with Gasteiger partial charge in [0.2, 0.25) is 5.91 Å². The molecule has 3 atom stereocenters. The van der Waals surface area contributed by atoms with Crippen LogP contribution in [0.4, 0.5) is 5.82 Å². The zero-order valence-electron chi connectivity index (χ0n) is 12.6. The van der Waals surface area contributed by atoms with Crippen LogP contribution in [0.25, 0.3) is 0 Å². The van der Waals surface area contributed by atoms with E-state index >= 15 is 0 Å². The molecule has 10 nitrogen and oxygen atoms in total. The Morgan fingerprint density at radius 3 is 2.75 bits per heavy atom. The van der Waals surface area contributed by atoms with Gasteiger partial charge in [-0.3, -0.25) is 9.36 Å². The summed E-state index contributed by atoms with van der Waals surface area (Å²) in [7, 11) is 0. The molecule has 132 valence electrons. The number of amides is 1. The number of aliphatic hydroxyl groups excluding tert-OH is 1. The predicted molar refractivity (Wildman–Crippen MR) is 85.2 cm³/mol. The van der Waals surface area contributed by atoms with E-state index in [1.165, 1.54) is 16.3 Å². The van der Waals surface area contributed by atoms with Gasteiger partial charge < -0.3 is 26.0 Å². The quantitative estimate of drug-likeness (QED) is 0.518. The zero-order chi connectivity index (χ0) is 17.7. The Hall–Kier alpha value is -2.11. The van der Waals surface area contributed by atoms with Crippen molar-refractivity contribution in [1.29, 1.82) is 0 Å². The second-order valence-electron chi connectivity index (χ2n) is 5.08. The first-order chi connectivity index (χ1) is 11.4. The largest absolute Gasteiger partial charge is 0.480 e. The highest BCUT2D eigenvalue weighted by atomic mass is 32.2. The molecule has 2 aliphatic heterocycles. The maximum atomic E-state index is 11.4. The molecule has 1 aromatic heterocycles. The second-order valence-corrected chi connectivity index (χ2v) is 6.27. The maximum Gasteiger partial charge on any atom is 0.351 e. The minimum atomic E-state index is -0.944. The van der Waals surface area contributed by atoms with Crippen LogP contribution in [0.2, 0.25) is 0 Å². The number of nitrogen functional groups attached to an aromatic ring is 1. The smallest absolute Gasteiger partial charge is 0.351 e. The SMILES string of the molecule is Nc1ccn([C@@H]2CS[C@H](CO)O2)c(=O)n1.O=C1CC[C@@H](C(=O)O)N1. The van der Waals surface area contributed by atoms with Crippen LogP contribution in [0.15, 0.2) is 17.1 Å². The van der Waals surface area contributed by atoms with Crippen LogP contribution in [0, 0.1) is 0 Å². The standard InChI is InChI=1S/C8H11N3O3S.C5H7NO3/c9-5-1-2-11(8(13)10-5)6-4-15-7(3-12)14-6;7-4-2-1-3(6-4)5(8)9/h1-2,6-7,12H,3-4H2,(H2,9,10,13);3H,1-2H2,(H,6,7)(H,8,9)/t6-,7+;3-/m00/s1. The summed E-state index contributed by atoms with van der Waals surface area (Å²) in [4.78, 5) is 35.6. The number of aliphatic carboxylic acids is 1. The van der Waals surface area contributed by atoms with Gasteiger partial charge in [-0.15, -0.1) is 11.8 Å². The van der Waals surface area contributed by atoms with Crippen LogP contribution in [0.1, 0.15) is 19.1 Å². The molecule has 0 aliphatic carbocycles. The molecule has 0 radical (unpaired) electrons. The van der Waals surface area contributed by atoms with E-state index in [2.05, 4.69) is 10.3 Å². The summed E-state index contributed by atoms with van der Waals surface area (Å²) < 4.78 is 6.79. The van der Waals surface area contributed by atoms with Crippen molar-refractivity contribution in [1.82, 2.24) is 14.9 Å². The Morgan fingerprint density at radius 1 is 1.54 bits per heavy atom. The van der Waals surface area contributed by atoms with E-state index in [0.717, 1.165) is 0 Å². The van der Waals surface area contributed by atoms with E-state index in [1.807, 2.05) is 0 Å². The normalized spacial score (nSPS) is 25.7. The Labute approximate surface area is 141 Å². The molecule has 2 aliphatic rings. The fourth-order valence-corrected chi connectivity index (χ4v) is 3.06. The summed E-state index contributed by atoms with van der Waals surface area (Å²) >= 11 is 1.47. The number of nitrogens with two attached hydrogens (primary N) is 1. The van der Waals surface area contributed by atoms with Gasteiger partial charge in [0.15, 0.2) is 0 Å². The van der Waals surface area contributed by atoms with E-state index < -0.39 is 17.7 Å². The number of nitrogens with one attached hydrogen (secondary N) is 1. The fourth-order valence-electron chi connectivity index (χ4n) is 2.13. The van der Waals surface area contributed by atoms with Gasteiger partial charge in [-0.2, -0.15) is 4.98 Å². The van der Waals surface area contributed by atoms with Crippen LogP contribution >= 0.6 is 11.8 Å². The van der Waals surface area contributed by atoms with Gasteiger partial charge in [-0.1, -0.05) is 0 Å². The van der Waals surface area contributed by atoms with Gasteiger partial charge in [0.1, 0.15) is 23.5 Å². The highest BCUT2D eigenvalue weighted by molar-refractivity contribution is 8.00. The number of aliphatic hydroxyl groups is 1. The third-order valence-corrected chi connectivity index (χ3v) is 4.45. The lowest BCUT2D eigenvalue weighted by molar-refractivity contribution is -0.140. The zero-order valence-corrected chi connectivity index (χ0v) is 13.4. The van der Waals surface area contributed by atoms with E-state index in [0.29, 0.717) is 18.6 Å². The first-order valence-corrected chi connectivity index (χ1v) is 8.20. The fraction of sp³-hybridized carbons (Fsp3) is 0.538. The molecule has 0 spiro atoms. The van der Waals surface area contributed by atoms with Crippen molar-refractivity contribution >= 4 is 29.5 Å². The van der Waals surface area contributed by atoms with Crippen LogP contribution in [0.3, 0.4) is 0 Å². The third-order valence-electron chi connectivity index (χ3n) is 3.34. The Balaban J connectivity index is 0.000000198. The third kappa shape index (κ3) is 4.69. The van der Waals surface area contributed by atoms with Crippen molar-refractivity contribution in [3.05, 3.63) is 22.7 Å². The highest BCUT2D eigenvalue weighted by Crippen LogP contribution is 2.30. The van der Waals surface area contributed by atoms with Crippen molar-refractivity contribution in [3.8, 4) is 0 Å². The number of hydrogen-bond donors (Lipinski definition) is 4. The predicted octanol–water partition coefficient (Wildman–Crippen LogP) is -1.24. The molecule has 5 N–H and O–H groups in total. The van der Waals surface area contributed by atoms with E-state index in [9.17, 15) is 14.4 Å². The molecule has 24 heavy (non-hydrogen) atoms. The molecule has 3 heterocycles. The lowest BCUT2D eigenvalue weighted by atomic mass is 10.2. The summed E-state index contributed by atoms with van der Waals surface area (Å²) in [6.45, 7) is -0.0572. The minimum absolute atomic E-state index is 0.0572. The first kappa shape index (κ1) is 18.2. The number of carboxylic acid groups (broad SMARTS) is 1. The monoisotopic (exact) mass is 358 g/mol. The molecule has 1 amide bonds. The Kier molecular flexibility index (Phi) is 6.17. The van der Waals surface area contributed by atoms with Gasteiger partial charge in [0.25, 0.3) is 0 Å². The lowest BCUT2D eigenvalue weighted by Crippen LogP contribution is -2.32. The molecule has 11 heteroatoms. The van der Waals surface area contributed by atoms with Crippen molar-refractivity contribution < 1.29 is 24.5 Å². The number of hydrogen-bond acceptors (Lipinski definition) is 8. The van der Waals surface area contributed by atoms with Gasteiger partial charge >= 0.3 is 11.7 Å². The number of rotatable bonds is 3. The van der Waals surface area contributed by atoms with Gasteiger partial charge in [0.05, 0.1) is 6.61 Å². The average Bonchev–Trinajstić information content (AvgIpc) is 3.17. The molecule has 0 unspecified atom stereocenters. The summed E-state index contributed by atoms with van der Waals surface area (Å²) in [5.74, 6) is -0.291. The Bertz CT molecular complexity index is 666. The van der Waals surface area contributed by atoms with Gasteiger partial charge in [-0.05, 0) is 12.5 Å². The molecule has 1 aromatic rings. The molecular weight excluding hydrogens is 340 g/mol. The van der Waals surface area contributed by atoms with Crippen molar-refractivity contribution in [2.75, 3.05) is 18.1 Å². The summed E-state index contributed by atoms with van der Waals surface area (Å²) in [5, 5.41) is 19.5. The molecule has 0 bridgehead atoms. The van der Waals surface area contributed by atoms with Gasteiger partial charge in [0, 0.05) is 18.4 Å². The molecule has 2 saturated heterocycles. The van der Waals surface area contributed by atoms with Crippen LogP contribution in [0.5, 0.6) is 0 Å². The van der Waals surface area contributed by atoms with Crippen LogP contribution in [-0.2, 0) is 14.3 Å². The number of anilines is 1. The summed E-state index contributed by atoms with van der Waals surface area (Å²) in [6.07, 6.45) is 1.95. The van der Waals surface area contributed by atoms with E-state index in [-0.39, 0.29) is 30.0 Å². The summed E-state index contributed by atoms with van der Waals surface area (Å²) in [5.41, 5.74) is 4.67. The number of aromatic nitrogens is 2. The van der Waals surface area contributed by atoms with Gasteiger partial charge in [-0.25, -0.2) is 9.59 Å². The number of nitrogens with zero attached hydrogens (tertiary/aromatic N) is 2. The number of carbonyl (C=O) groups is 2. The number of carbonyl (C=O) groups excluding carboxylic acids is 1. The molecule has 0 aromatic carbocycles. The number of carboxylic acids is 1. The Morgan fingerprint density at radius 2 is 2.29 bits per heavy atom. The molecular formula is C13H18N4O6S. The number of ether oxygens (including phenoxy) is 1. The topological polar surface area (TPSA) is 157 Å². The average molecular weight is 358 g/mol. The van der Waals surface area contributed by atoms with Crippen LogP contribution in [-0.4, -0.2) is 55.5 Å². The highest BCUT2D eigenvalue weighted by Gasteiger charge is 2.27. The minimum Gasteiger partial charge on any atom is -0.480 e. The van der Waals surface area contributed by atoms with E-state index in [1.54, 1.807) is 12.3 Å². The molecule has 3 rings (SSSR count). The van der Waals surface area contributed by atoms with Crippen molar-refractivity contribution in [2.24, 2.45) is 0 Å². The van der Waals surface area contributed by atoms with Crippen molar-refractivity contribution in [3.63, 3.8) is 0 Å². The summed E-state index contributed by atoms with van der Waals surface area (Å²) in [6, 6.07) is 0.902. The lowest BCUT2D eigenvalue weighted by Gasteiger charge is -2.13. The maximum absolute atomic E-state index is 11.4. The molecule has 2 fully saturated rings. The second kappa shape index (κ2) is 8.13. The molecule has 0 saturated carbocycles. The van der Waals surface area contributed by atoms with E-state index in [4.69, 9.17) is 20.7 Å². The number of thioether (sulfide) groups is 1.